The fourth-order valence-corrected chi connectivity index (χ4v) is 6.77. The average Bonchev–Trinajstić information content (AvgIpc) is 3.46. The van der Waals surface area contributed by atoms with Gasteiger partial charge in [-0.3, -0.25) is 4.79 Å². The summed E-state index contributed by atoms with van der Waals surface area (Å²) in [7, 11) is -0.113. The molecule has 2 heterocycles. The van der Waals surface area contributed by atoms with Crippen molar-refractivity contribution in [1.29, 1.82) is 0 Å². The number of amides is 1. The van der Waals surface area contributed by atoms with Crippen LogP contribution in [0.25, 0.3) is 10.2 Å². The van der Waals surface area contributed by atoms with Crippen molar-refractivity contribution in [2.75, 3.05) is 20.3 Å². The van der Waals surface area contributed by atoms with E-state index in [1.165, 1.54) is 39.9 Å². The molecule has 33 heavy (non-hydrogen) atoms. The first-order valence-electron chi connectivity index (χ1n) is 10.9. The zero-order valence-corrected chi connectivity index (χ0v) is 20.1. The SMILES string of the molecule is CN(C1CCCC1)S(=O)(=O)c1ccc(C(=O)N=c2sc3cc4c(cc3n2C)OCCO4)cc1. The van der Waals surface area contributed by atoms with Gasteiger partial charge in [0.25, 0.3) is 5.91 Å². The van der Waals surface area contributed by atoms with Crippen LogP contribution in [0.4, 0.5) is 0 Å². The van der Waals surface area contributed by atoms with Crippen LogP contribution in [0.5, 0.6) is 11.5 Å². The molecule has 1 aromatic heterocycles. The van der Waals surface area contributed by atoms with Crippen LogP contribution in [0, 0.1) is 0 Å². The van der Waals surface area contributed by atoms with E-state index < -0.39 is 15.9 Å². The van der Waals surface area contributed by atoms with Crippen LogP contribution in [-0.4, -0.2) is 49.5 Å². The minimum Gasteiger partial charge on any atom is -0.486 e. The first-order valence-corrected chi connectivity index (χ1v) is 13.2. The topological polar surface area (TPSA) is 90.2 Å². The average molecular weight is 488 g/mol. The summed E-state index contributed by atoms with van der Waals surface area (Å²) in [6, 6.07) is 9.85. The minimum atomic E-state index is -3.59. The summed E-state index contributed by atoms with van der Waals surface area (Å²) >= 11 is 1.38. The number of ether oxygens (including phenoxy) is 2. The summed E-state index contributed by atoms with van der Waals surface area (Å²) in [6.45, 7) is 1.01. The Hall–Kier alpha value is -2.69. The molecule has 0 unspecified atom stereocenters. The summed E-state index contributed by atoms with van der Waals surface area (Å²) in [4.78, 5) is 17.8. The van der Waals surface area contributed by atoms with Gasteiger partial charge >= 0.3 is 0 Å². The number of nitrogens with zero attached hydrogens (tertiary/aromatic N) is 3. The van der Waals surface area contributed by atoms with E-state index in [2.05, 4.69) is 4.99 Å². The molecular weight excluding hydrogens is 462 g/mol. The number of sulfonamides is 1. The highest BCUT2D eigenvalue weighted by molar-refractivity contribution is 7.89. The third-order valence-electron chi connectivity index (χ3n) is 6.29. The van der Waals surface area contributed by atoms with E-state index in [1.54, 1.807) is 7.05 Å². The number of carbonyl (C=O) groups excluding carboxylic acids is 1. The molecule has 0 saturated heterocycles. The van der Waals surface area contributed by atoms with Gasteiger partial charge in [0.05, 0.1) is 15.1 Å². The molecule has 1 aliphatic carbocycles. The van der Waals surface area contributed by atoms with E-state index in [4.69, 9.17) is 9.47 Å². The predicted molar refractivity (Wildman–Crippen MR) is 125 cm³/mol. The van der Waals surface area contributed by atoms with Gasteiger partial charge in [-0.15, -0.1) is 0 Å². The molecule has 8 nitrogen and oxygen atoms in total. The summed E-state index contributed by atoms with van der Waals surface area (Å²) in [5.41, 5.74) is 1.23. The Kier molecular flexibility index (Phi) is 5.75. The minimum absolute atomic E-state index is 0.0423. The van der Waals surface area contributed by atoms with E-state index in [0.29, 0.717) is 35.1 Å². The fraction of sp³-hybridized carbons (Fsp3) is 0.391. The van der Waals surface area contributed by atoms with Crippen molar-refractivity contribution in [1.82, 2.24) is 8.87 Å². The predicted octanol–water partition coefficient (Wildman–Crippen LogP) is 3.32. The first-order chi connectivity index (χ1) is 15.8. The van der Waals surface area contributed by atoms with Crippen molar-refractivity contribution in [2.45, 2.75) is 36.6 Å². The largest absolute Gasteiger partial charge is 0.486 e. The molecule has 0 bridgehead atoms. The number of benzene rings is 2. The maximum Gasteiger partial charge on any atom is 0.279 e. The second kappa shape index (κ2) is 8.58. The number of rotatable bonds is 4. The quantitative estimate of drug-likeness (QED) is 0.563. The number of fused-ring (bicyclic) bond motifs is 2. The molecule has 2 aromatic carbocycles. The second-order valence-corrected chi connectivity index (χ2v) is 11.3. The van der Waals surface area contributed by atoms with E-state index in [-0.39, 0.29) is 10.9 Å². The molecule has 2 aliphatic rings. The van der Waals surface area contributed by atoms with Crippen LogP contribution in [0.15, 0.2) is 46.3 Å². The lowest BCUT2D eigenvalue weighted by atomic mass is 10.2. The molecule has 0 spiro atoms. The first kappa shape index (κ1) is 22.1. The third-order valence-corrected chi connectivity index (χ3v) is 9.31. The lowest BCUT2D eigenvalue weighted by Gasteiger charge is -2.23. The number of aromatic nitrogens is 1. The molecule has 1 saturated carbocycles. The highest BCUT2D eigenvalue weighted by Crippen LogP contribution is 2.35. The Morgan fingerprint density at radius 2 is 1.73 bits per heavy atom. The van der Waals surface area contributed by atoms with Crippen molar-refractivity contribution in [3.8, 4) is 11.5 Å². The molecule has 0 atom stereocenters. The highest BCUT2D eigenvalue weighted by atomic mass is 32.2. The molecule has 1 aliphatic heterocycles. The van der Waals surface area contributed by atoms with Gasteiger partial charge in [0, 0.05) is 37.8 Å². The second-order valence-electron chi connectivity index (χ2n) is 8.31. The highest BCUT2D eigenvalue weighted by Gasteiger charge is 2.30. The zero-order chi connectivity index (χ0) is 23.2. The van der Waals surface area contributed by atoms with E-state index in [9.17, 15) is 13.2 Å². The molecule has 0 N–H and O–H groups in total. The Morgan fingerprint density at radius 1 is 1.09 bits per heavy atom. The Bertz CT molecular complexity index is 1380. The maximum absolute atomic E-state index is 12.9. The molecular formula is C23H25N3O5S2. The molecule has 10 heteroatoms. The number of carbonyl (C=O) groups is 1. The van der Waals surface area contributed by atoms with Crippen LogP contribution in [0.3, 0.4) is 0 Å². The van der Waals surface area contributed by atoms with E-state index >= 15 is 0 Å². The van der Waals surface area contributed by atoms with Crippen molar-refractivity contribution < 1.29 is 22.7 Å². The molecule has 1 fully saturated rings. The maximum atomic E-state index is 12.9. The van der Waals surface area contributed by atoms with Gasteiger partial charge in [0.1, 0.15) is 13.2 Å². The molecule has 1 amide bonds. The zero-order valence-electron chi connectivity index (χ0n) is 18.5. The smallest absolute Gasteiger partial charge is 0.279 e. The van der Waals surface area contributed by atoms with Gasteiger partial charge in [0.15, 0.2) is 16.3 Å². The molecule has 5 rings (SSSR count). The van der Waals surface area contributed by atoms with Crippen LogP contribution in [0.1, 0.15) is 36.0 Å². The summed E-state index contributed by atoms with van der Waals surface area (Å²) in [5.74, 6) is 0.940. The monoisotopic (exact) mass is 487 g/mol. The molecule has 0 radical (unpaired) electrons. The van der Waals surface area contributed by atoms with E-state index in [0.717, 1.165) is 35.9 Å². The Labute approximate surface area is 196 Å². The van der Waals surface area contributed by atoms with Crippen LogP contribution in [-0.2, 0) is 17.1 Å². The number of hydrogen-bond donors (Lipinski definition) is 0. The molecule has 174 valence electrons. The number of hydrogen-bond acceptors (Lipinski definition) is 6. The fourth-order valence-electron chi connectivity index (χ4n) is 4.32. The van der Waals surface area contributed by atoms with Crippen LogP contribution in [0.2, 0.25) is 0 Å². The van der Waals surface area contributed by atoms with E-state index in [1.807, 2.05) is 23.7 Å². The van der Waals surface area contributed by atoms with Crippen LogP contribution >= 0.6 is 11.3 Å². The lowest BCUT2D eigenvalue weighted by molar-refractivity contribution is 0.0998. The van der Waals surface area contributed by atoms with Crippen LogP contribution < -0.4 is 14.3 Å². The summed E-state index contributed by atoms with van der Waals surface area (Å²) in [5, 5.41) is 0. The van der Waals surface area contributed by atoms with Gasteiger partial charge < -0.3 is 14.0 Å². The lowest BCUT2D eigenvalue weighted by Crippen LogP contribution is -2.35. The van der Waals surface area contributed by atoms with Gasteiger partial charge in [0.2, 0.25) is 10.0 Å². The third kappa shape index (κ3) is 4.07. The standard InChI is InChI=1S/C23H25N3O5S2/c1-25-18-13-19-20(31-12-11-30-19)14-21(18)32-23(25)24-22(27)15-7-9-17(10-8-15)33(28,29)26(2)16-5-3-4-6-16/h7-10,13-14,16H,3-6,11-12H2,1-2H3. The van der Waals surface area contributed by atoms with Gasteiger partial charge in [-0.25, -0.2) is 8.42 Å². The number of thiazole rings is 1. The van der Waals surface area contributed by atoms with Crippen molar-refractivity contribution in [2.24, 2.45) is 12.0 Å². The van der Waals surface area contributed by atoms with Crippen molar-refractivity contribution in [3.05, 3.63) is 46.8 Å². The number of aryl methyl sites for hydroxylation is 1. The Morgan fingerprint density at radius 3 is 2.39 bits per heavy atom. The van der Waals surface area contributed by atoms with Crippen molar-refractivity contribution >= 4 is 37.5 Å². The summed E-state index contributed by atoms with van der Waals surface area (Å²) < 4.78 is 41.4. The normalized spacial score (nSPS) is 17.2. The summed E-state index contributed by atoms with van der Waals surface area (Å²) in [6.07, 6.45) is 3.88. The van der Waals surface area contributed by atoms with Crippen molar-refractivity contribution in [3.63, 3.8) is 0 Å². The van der Waals surface area contributed by atoms with Gasteiger partial charge in [-0.1, -0.05) is 24.2 Å². The van der Waals surface area contributed by atoms with Gasteiger partial charge in [-0.2, -0.15) is 9.30 Å². The van der Waals surface area contributed by atoms with Gasteiger partial charge in [-0.05, 0) is 37.1 Å². The molecule has 3 aromatic rings. The Balaban J connectivity index is 1.42.